The molecule has 0 atom stereocenters. The number of rotatable bonds is 3. The molecule has 2 aromatic rings. The molecule has 0 unspecified atom stereocenters. The van der Waals surface area contributed by atoms with Gasteiger partial charge in [-0.3, -0.25) is 4.79 Å². The molecule has 1 nitrogen and oxygen atoms in total. The van der Waals surface area contributed by atoms with Crippen molar-refractivity contribution in [1.82, 2.24) is 0 Å². The molecule has 0 fully saturated rings. The van der Waals surface area contributed by atoms with Crippen molar-refractivity contribution in [3.05, 3.63) is 59.2 Å². The van der Waals surface area contributed by atoms with Crippen molar-refractivity contribution in [2.75, 3.05) is 0 Å². The summed E-state index contributed by atoms with van der Waals surface area (Å²) in [6, 6.07) is 9.95. The van der Waals surface area contributed by atoms with E-state index in [0.29, 0.717) is 4.88 Å². The Morgan fingerprint density at radius 1 is 1.18 bits per heavy atom. The van der Waals surface area contributed by atoms with E-state index in [1.54, 1.807) is 30.4 Å². The second-order valence-electron chi connectivity index (χ2n) is 3.54. The third-order valence-electron chi connectivity index (χ3n) is 2.30. The van der Waals surface area contributed by atoms with E-state index in [4.69, 9.17) is 0 Å². The van der Waals surface area contributed by atoms with Crippen molar-refractivity contribution in [2.24, 2.45) is 0 Å². The summed E-state index contributed by atoms with van der Waals surface area (Å²) in [7, 11) is 0. The number of halogens is 1. The molecule has 0 spiro atoms. The van der Waals surface area contributed by atoms with Gasteiger partial charge in [0.25, 0.3) is 0 Å². The van der Waals surface area contributed by atoms with Gasteiger partial charge in [0.05, 0.1) is 4.88 Å². The molecule has 0 saturated carbocycles. The first-order valence-corrected chi connectivity index (χ1v) is 6.05. The van der Waals surface area contributed by atoms with Gasteiger partial charge in [0.15, 0.2) is 5.78 Å². The van der Waals surface area contributed by atoms with E-state index < -0.39 is 0 Å². The smallest absolute Gasteiger partial charge is 0.195 e. The third kappa shape index (κ3) is 2.68. The highest BCUT2D eigenvalue weighted by molar-refractivity contribution is 7.17. The quantitative estimate of drug-likeness (QED) is 0.582. The van der Waals surface area contributed by atoms with Gasteiger partial charge in [0.2, 0.25) is 0 Å². The Morgan fingerprint density at radius 3 is 2.53 bits per heavy atom. The Hall–Kier alpha value is -1.74. The maximum atomic E-state index is 12.8. The molecule has 1 aromatic heterocycles. The molecule has 0 N–H and O–H groups in total. The Balaban J connectivity index is 2.29. The summed E-state index contributed by atoms with van der Waals surface area (Å²) in [5, 5.41) is 0. The molecule has 86 valence electrons. The van der Waals surface area contributed by atoms with Crippen molar-refractivity contribution in [3.8, 4) is 10.4 Å². The van der Waals surface area contributed by atoms with E-state index >= 15 is 0 Å². The molecule has 3 heteroatoms. The summed E-state index contributed by atoms with van der Waals surface area (Å²) in [6.45, 7) is 1.81. The van der Waals surface area contributed by atoms with Crippen molar-refractivity contribution < 1.29 is 9.18 Å². The first-order chi connectivity index (χ1) is 8.20. The van der Waals surface area contributed by atoms with Crippen LogP contribution in [-0.2, 0) is 0 Å². The van der Waals surface area contributed by atoms with Crippen LogP contribution >= 0.6 is 11.3 Å². The van der Waals surface area contributed by atoms with Gasteiger partial charge in [0, 0.05) is 4.88 Å². The lowest BCUT2D eigenvalue weighted by atomic mass is 10.2. The highest BCUT2D eigenvalue weighted by Crippen LogP contribution is 2.28. The van der Waals surface area contributed by atoms with Crippen LogP contribution in [0, 0.1) is 5.82 Å². The van der Waals surface area contributed by atoms with Gasteiger partial charge < -0.3 is 0 Å². The minimum Gasteiger partial charge on any atom is -0.288 e. The molecule has 17 heavy (non-hydrogen) atoms. The van der Waals surface area contributed by atoms with E-state index in [0.717, 1.165) is 10.4 Å². The number of ketones is 1. The topological polar surface area (TPSA) is 17.1 Å². The van der Waals surface area contributed by atoms with Crippen LogP contribution in [0.5, 0.6) is 0 Å². The zero-order chi connectivity index (χ0) is 12.3. The summed E-state index contributed by atoms with van der Waals surface area (Å²) < 4.78 is 12.8. The molecule has 0 radical (unpaired) electrons. The van der Waals surface area contributed by atoms with Gasteiger partial charge in [0.1, 0.15) is 5.82 Å². The fraction of sp³-hybridized carbons (Fsp3) is 0.0714. The predicted molar refractivity (Wildman–Crippen MR) is 68.9 cm³/mol. The monoisotopic (exact) mass is 246 g/mol. The zero-order valence-electron chi connectivity index (χ0n) is 9.31. The van der Waals surface area contributed by atoms with Gasteiger partial charge in [-0.2, -0.15) is 0 Å². The molecule has 0 saturated heterocycles. The summed E-state index contributed by atoms with van der Waals surface area (Å²) in [4.78, 5) is 13.3. The number of allylic oxidation sites excluding steroid dienone is 2. The van der Waals surface area contributed by atoms with E-state index in [1.807, 2.05) is 13.0 Å². The van der Waals surface area contributed by atoms with E-state index in [-0.39, 0.29) is 11.6 Å². The maximum Gasteiger partial charge on any atom is 0.195 e. The van der Waals surface area contributed by atoms with Crippen LogP contribution in [0.2, 0.25) is 0 Å². The second kappa shape index (κ2) is 5.06. The van der Waals surface area contributed by atoms with Crippen LogP contribution in [0.25, 0.3) is 10.4 Å². The summed E-state index contributed by atoms with van der Waals surface area (Å²) >= 11 is 1.42. The normalized spacial score (nSPS) is 10.9. The lowest BCUT2D eigenvalue weighted by Gasteiger charge is -1.95. The van der Waals surface area contributed by atoms with Crippen molar-refractivity contribution in [3.63, 3.8) is 0 Å². The fourth-order valence-electron chi connectivity index (χ4n) is 1.47. The molecular formula is C14H11FOS. The number of carbonyl (C=O) groups excluding carboxylic acids is 1. The van der Waals surface area contributed by atoms with Gasteiger partial charge >= 0.3 is 0 Å². The van der Waals surface area contributed by atoms with E-state index in [1.165, 1.54) is 23.5 Å². The molecule has 1 aromatic carbocycles. The van der Waals surface area contributed by atoms with Crippen LogP contribution in [0.4, 0.5) is 4.39 Å². The van der Waals surface area contributed by atoms with Crippen molar-refractivity contribution in [2.45, 2.75) is 6.92 Å². The van der Waals surface area contributed by atoms with Crippen LogP contribution in [0.15, 0.2) is 48.6 Å². The molecule has 0 aliphatic rings. The van der Waals surface area contributed by atoms with Crippen molar-refractivity contribution in [1.29, 1.82) is 0 Å². The van der Waals surface area contributed by atoms with E-state index in [9.17, 15) is 9.18 Å². The van der Waals surface area contributed by atoms with Crippen LogP contribution < -0.4 is 0 Å². The van der Waals surface area contributed by atoms with Crippen molar-refractivity contribution >= 4 is 17.1 Å². The first kappa shape index (κ1) is 11.7. The molecule has 1 heterocycles. The Kier molecular flexibility index (Phi) is 3.49. The number of carbonyl (C=O) groups is 1. The van der Waals surface area contributed by atoms with Crippen LogP contribution in [0.3, 0.4) is 0 Å². The average Bonchev–Trinajstić information content (AvgIpc) is 2.80. The molecule has 0 aliphatic heterocycles. The van der Waals surface area contributed by atoms with Crippen LogP contribution in [0.1, 0.15) is 16.6 Å². The largest absolute Gasteiger partial charge is 0.288 e. The maximum absolute atomic E-state index is 12.8. The third-order valence-corrected chi connectivity index (χ3v) is 3.44. The van der Waals surface area contributed by atoms with Gasteiger partial charge in [-0.1, -0.05) is 18.2 Å². The highest BCUT2D eigenvalue weighted by Gasteiger charge is 2.07. The number of benzene rings is 1. The predicted octanol–water partition coefficient (Wildman–Crippen LogP) is 4.31. The standard InChI is InChI=1S/C14H11FOS/c1-2-3-12(16)14-9-8-13(17-14)10-4-6-11(15)7-5-10/h2-9H,1H3/b3-2+. The fourth-order valence-corrected chi connectivity index (χ4v) is 2.40. The molecule has 2 rings (SSSR count). The lowest BCUT2D eigenvalue weighted by Crippen LogP contribution is -1.87. The summed E-state index contributed by atoms with van der Waals surface area (Å²) in [5.74, 6) is -0.249. The Morgan fingerprint density at radius 2 is 1.88 bits per heavy atom. The molecule has 0 aliphatic carbocycles. The number of hydrogen-bond donors (Lipinski definition) is 0. The lowest BCUT2D eigenvalue weighted by molar-refractivity contribution is 0.105. The Bertz CT molecular complexity index is 552. The van der Waals surface area contributed by atoms with Crippen LogP contribution in [-0.4, -0.2) is 5.78 Å². The minimum absolute atomic E-state index is 0.00543. The number of hydrogen-bond acceptors (Lipinski definition) is 2. The van der Waals surface area contributed by atoms with E-state index in [2.05, 4.69) is 0 Å². The first-order valence-electron chi connectivity index (χ1n) is 5.23. The molecule has 0 amide bonds. The Labute approximate surface area is 103 Å². The highest BCUT2D eigenvalue weighted by atomic mass is 32.1. The summed E-state index contributed by atoms with van der Waals surface area (Å²) in [5.41, 5.74) is 0.927. The SMILES string of the molecule is C/C=C/C(=O)c1ccc(-c2ccc(F)cc2)s1. The minimum atomic E-state index is -0.254. The zero-order valence-corrected chi connectivity index (χ0v) is 10.1. The summed E-state index contributed by atoms with van der Waals surface area (Å²) in [6.07, 6.45) is 3.26. The molecule has 0 bridgehead atoms. The molecular weight excluding hydrogens is 235 g/mol. The second-order valence-corrected chi connectivity index (χ2v) is 4.62. The number of thiophene rings is 1. The average molecular weight is 246 g/mol. The van der Waals surface area contributed by atoms with Gasteiger partial charge in [-0.05, 0) is 42.8 Å². The van der Waals surface area contributed by atoms with Gasteiger partial charge in [-0.25, -0.2) is 4.39 Å². The van der Waals surface area contributed by atoms with Gasteiger partial charge in [-0.15, -0.1) is 11.3 Å².